The number of fused-ring (bicyclic) bond motifs is 2. The molecule has 0 aliphatic carbocycles. The highest BCUT2D eigenvalue weighted by atomic mass is 32.2. The Morgan fingerprint density at radius 3 is 2.70 bits per heavy atom. The summed E-state index contributed by atoms with van der Waals surface area (Å²) in [5, 5.41) is 7.55. The third-order valence-electron chi connectivity index (χ3n) is 4.93. The Hall–Kier alpha value is -3.45. The lowest BCUT2D eigenvalue weighted by atomic mass is 10.1. The number of pyridine rings is 1. The molecule has 0 aliphatic heterocycles. The highest BCUT2D eigenvalue weighted by Gasteiger charge is 2.12. The maximum atomic E-state index is 12.5. The second-order valence-corrected chi connectivity index (χ2v) is 8.15. The normalized spacial score (nSPS) is 11.4. The van der Waals surface area contributed by atoms with Crippen LogP contribution in [0.5, 0.6) is 0 Å². The van der Waals surface area contributed by atoms with Gasteiger partial charge in [-0.3, -0.25) is 4.79 Å². The van der Waals surface area contributed by atoms with Gasteiger partial charge in [0, 0.05) is 23.1 Å². The fourth-order valence-corrected chi connectivity index (χ4v) is 4.27. The number of thioether (sulfide) groups is 1. The van der Waals surface area contributed by atoms with Gasteiger partial charge in [-0.2, -0.15) is 0 Å². The lowest BCUT2D eigenvalue weighted by Crippen LogP contribution is -2.12. The molecule has 148 valence electrons. The average Bonchev–Trinajstić information content (AvgIpc) is 3.20. The first kappa shape index (κ1) is 18.6. The molecule has 3 heterocycles. The van der Waals surface area contributed by atoms with Gasteiger partial charge >= 0.3 is 0 Å². The Morgan fingerprint density at radius 2 is 1.83 bits per heavy atom. The molecule has 0 aliphatic rings. The monoisotopic (exact) mass is 414 g/mol. The second-order valence-electron chi connectivity index (χ2n) is 7.18. The largest absolute Gasteiger partial charge is 0.356 e. The molecule has 5 rings (SSSR count). The molecule has 0 fully saturated rings. The number of aryl methyl sites for hydroxylation is 2. The fourth-order valence-electron chi connectivity index (χ4n) is 3.53. The van der Waals surface area contributed by atoms with Gasteiger partial charge in [0.1, 0.15) is 0 Å². The van der Waals surface area contributed by atoms with E-state index in [9.17, 15) is 4.79 Å². The van der Waals surface area contributed by atoms with Crippen molar-refractivity contribution in [2.75, 3.05) is 0 Å². The summed E-state index contributed by atoms with van der Waals surface area (Å²) in [6, 6.07) is 18.2. The van der Waals surface area contributed by atoms with Crippen molar-refractivity contribution < 1.29 is 4.52 Å². The third kappa shape index (κ3) is 3.48. The fraction of sp³-hybridized carbons (Fsp3) is 0.130. The van der Waals surface area contributed by atoms with E-state index in [-0.39, 0.29) is 5.56 Å². The lowest BCUT2D eigenvalue weighted by Gasteiger charge is -2.04. The van der Waals surface area contributed by atoms with Crippen molar-refractivity contribution in [2.24, 2.45) is 0 Å². The zero-order chi connectivity index (χ0) is 20.7. The minimum absolute atomic E-state index is 0.176. The summed E-state index contributed by atoms with van der Waals surface area (Å²) in [6.07, 6.45) is 0. The summed E-state index contributed by atoms with van der Waals surface area (Å²) in [4.78, 5) is 24.2. The van der Waals surface area contributed by atoms with Crippen molar-refractivity contribution in [3.8, 4) is 11.3 Å². The molecule has 5 aromatic rings. The maximum absolute atomic E-state index is 12.5. The summed E-state index contributed by atoms with van der Waals surface area (Å²) >= 11 is 1.40. The van der Waals surface area contributed by atoms with Crippen LogP contribution in [0, 0.1) is 13.8 Å². The van der Waals surface area contributed by atoms with E-state index in [2.05, 4.69) is 44.4 Å². The van der Waals surface area contributed by atoms with Gasteiger partial charge in [-0.15, -0.1) is 0 Å². The smallest absolute Gasteiger partial charge is 0.261 e. The number of hydrogen-bond donors (Lipinski definition) is 1. The van der Waals surface area contributed by atoms with Gasteiger partial charge in [-0.05, 0) is 42.3 Å². The van der Waals surface area contributed by atoms with Crippen molar-refractivity contribution in [3.05, 3.63) is 81.9 Å². The number of nitrogens with one attached hydrogen (secondary N) is 1. The van der Waals surface area contributed by atoms with E-state index in [1.807, 2.05) is 44.2 Å². The van der Waals surface area contributed by atoms with E-state index < -0.39 is 0 Å². The van der Waals surface area contributed by atoms with Gasteiger partial charge in [-0.1, -0.05) is 53.3 Å². The van der Waals surface area contributed by atoms with Crippen LogP contribution in [-0.4, -0.2) is 20.1 Å². The van der Waals surface area contributed by atoms with Crippen molar-refractivity contribution in [1.82, 2.24) is 20.1 Å². The van der Waals surface area contributed by atoms with E-state index in [1.54, 1.807) is 0 Å². The summed E-state index contributed by atoms with van der Waals surface area (Å²) in [5.41, 5.74) is 3.76. The van der Waals surface area contributed by atoms with Crippen molar-refractivity contribution in [2.45, 2.75) is 24.8 Å². The first-order valence-corrected chi connectivity index (χ1v) is 10.5. The number of hydrogen-bond acceptors (Lipinski definition) is 6. The van der Waals surface area contributed by atoms with Crippen molar-refractivity contribution in [3.63, 3.8) is 0 Å². The molecule has 0 amide bonds. The average molecular weight is 414 g/mol. The molecule has 3 aromatic heterocycles. The zero-order valence-electron chi connectivity index (χ0n) is 16.5. The number of nitrogens with zero attached hydrogens (tertiary/aromatic N) is 3. The van der Waals surface area contributed by atoms with Crippen LogP contribution in [0.3, 0.4) is 0 Å². The molecule has 0 bridgehead atoms. The minimum atomic E-state index is -0.176. The topological polar surface area (TPSA) is 84.7 Å². The van der Waals surface area contributed by atoms with Gasteiger partial charge < -0.3 is 9.51 Å². The van der Waals surface area contributed by atoms with E-state index in [0.717, 1.165) is 27.9 Å². The molecule has 0 saturated heterocycles. The summed E-state index contributed by atoms with van der Waals surface area (Å²) < 4.78 is 5.55. The van der Waals surface area contributed by atoms with E-state index in [4.69, 9.17) is 4.52 Å². The van der Waals surface area contributed by atoms with Crippen LogP contribution in [0.15, 0.2) is 69.1 Å². The van der Waals surface area contributed by atoms with Crippen LogP contribution in [0.4, 0.5) is 0 Å². The van der Waals surface area contributed by atoms with E-state index >= 15 is 0 Å². The second kappa shape index (κ2) is 7.42. The Bertz CT molecular complexity index is 1460. The number of benzene rings is 2. The highest BCUT2D eigenvalue weighted by Crippen LogP contribution is 2.27. The van der Waals surface area contributed by atoms with Crippen LogP contribution in [0.1, 0.15) is 17.0 Å². The zero-order valence-corrected chi connectivity index (χ0v) is 17.3. The van der Waals surface area contributed by atoms with E-state index in [1.165, 1.54) is 17.1 Å². The van der Waals surface area contributed by atoms with Crippen molar-refractivity contribution in [1.29, 1.82) is 0 Å². The van der Waals surface area contributed by atoms with Gasteiger partial charge in [-0.25, -0.2) is 9.97 Å². The standard InChI is InChI=1S/C23H18N4O2S/c1-13-9-14(2)24-21-20(13)22(28)26-23(25-21)30-12-18-11-19(29-27-18)17-8-7-15-5-3-4-6-16(15)10-17/h3-11H,12H2,1-2H3,(H,24,25,26,28). The molecule has 2 aromatic carbocycles. The maximum Gasteiger partial charge on any atom is 0.261 e. The van der Waals surface area contributed by atoms with Crippen molar-refractivity contribution >= 4 is 33.6 Å². The molecule has 0 atom stereocenters. The molecule has 1 N–H and O–H groups in total. The summed E-state index contributed by atoms with van der Waals surface area (Å²) in [5.74, 6) is 1.24. The first-order chi connectivity index (χ1) is 14.6. The molecule has 6 nitrogen and oxygen atoms in total. The van der Waals surface area contributed by atoms with Gasteiger partial charge in [0.15, 0.2) is 16.6 Å². The molecule has 0 saturated carbocycles. The van der Waals surface area contributed by atoms with Crippen LogP contribution in [0.25, 0.3) is 33.1 Å². The number of aromatic amines is 1. The number of H-pyrrole nitrogens is 1. The Balaban J connectivity index is 1.38. The highest BCUT2D eigenvalue weighted by molar-refractivity contribution is 7.98. The number of aromatic nitrogens is 4. The molecule has 7 heteroatoms. The number of rotatable bonds is 4. The van der Waals surface area contributed by atoms with Gasteiger partial charge in [0.25, 0.3) is 5.56 Å². The first-order valence-electron chi connectivity index (χ1n) is 9.53. The van der Waals surface area contributed by atoms with E-state index in [0.29, 0.717) is 27.7 Å². The molecule has 0 unspecified atom stereocenters. The Labute approximate surface area is 176 Å². The van der Waals surface area contributed by atoms with Gasteiger partial charge in [0.2, 0.25) is 0 Å². The molecule has 0 radical (unpaired) electrons. The van der Waals surface area contributed by atoms with Crippen LogP contribution in [-0.2, 0) is 5.75 Å². The SMILES string of the molecule is Cc1cc(C)c2c(=O)[nH]c(SCc3cc(-c4ccc5ccccc5c4)on3)nc2n1. The van der Waals surface area contributed by atoms with Crippen LogP contribution in [0.2, 0.25) is 0 Å². The molecular formula is C23H18N4O2S. The Morgan fingerprint density at radius 1 is 1.00 bits per heavy atom. The molecular weight excluding hydrogens is 396 g/mol. The van der Waals surface area contributed by atoms with Crippen LogP contribution < -0.4 is 5.56 Å². The molecule has 30 heavy (non-hydrogen) atoms. The van der Waals surface area contributed by atoms with Crippen LogP contribution >= 0.6 is 11.8 Å². The quantitative estimate of drug-likeness (QED) is 0.328. The minimum Gasteiger partial charge on any atom is -0.356 e. The lowest BCUT2D eigenvalue weighted by molar-refractivity contribution is 0.426. The predicted octanol–water partition coefficient (Wildman–Crippen LogP) is 5.04. The Kier molecular flexibility index (Phi) is 4.59. The summed E-state index contributed by atoms with van der Waals surface area (Å²) in [6.45, 7) is 3.79. The third-order valence-corrected chi connectivity index (χ3v) is 5.84. The summed E-state index contributed by atoms with van der Waals surface area (Å²) in [7, 11) is 0. The predicted molar refractivity (Wildman–Crippen MR) is 119 cm³/mol. The van der Waals surface area contributed by atoms with Gasteiger partial charge in [0.05, 0.1) is 11.1 Å². The molecule has 0 spiro atoms.